The molecule has 0 bridgehead atoms. The number of thiazole rings is 1. The minimum atomic E-state index is -3.20. The van der Waals surface area contributed by atoms with Crippen molar-refractivity contribution < 1.29 is 13.2 Å². The number of nitrogens with zero attached hydrogens (tertiary/aromatic N) is 5. The molecule has 3 rings (SSSR count). The summed E-state index contributed by atoms with van der Waals surface area (Å²) in [6, 6.07) is 1.89. The Bertz CT molecular complexity index is 915. The van der Waals surface area contributed by atoms with Gasteiger partial charge in [0.2, 0.25) is 21.9 Å². The summed E-state index contributed by atoms with van der Waals surface area (Å²) in [6.07, 6.45) is 1.37. The summed E-state index contributed by atoms with van der Waals surface area (Å²) in [4.78, 5) is 27.2. The van der Waals surface area contributed by atoms with Crippen LogP contribution in [0.2, 0.25) is 0 Å². The molecule has 1 aliphatic rings. The molecule has 1 aliphatic heterocycles. The first kappa shape index (κ1) is 19.6. The number of aryl methyl sites for hydroxylation is 2. The number of rotatable bonds is 5. The second-order valence-electron chi connectivity index (χ2n) is 6.46. The van der Waals surface area contributed by atoms with E-state index in [1.165, 1.54) is 21.9 Å². The Kier molecular flexibility index (Phi) is 5.72. The number of amides is 1. The molecule has 27 heavy (non-hydrogen) atoms. The molecule has 1 saturated heterocycles. The zero-order chi connectivity index (χ0) is 19.6. The van der Waals surface area contributed by atoms with E-state index >= 15 is 0 Å². The third kappa shape index (κ3) is 5.21. The molecule has 3 heterocycles. The van der Waals surface area contributed by atoms with Gasteiger partial charge in [0.1, 0.15) is 0 Å². The fourth-order valence-corrected chi connectivity index (χ4v) is 4.39. The van der Waals surface area contributed by atoms with Crippen LogP contribution in [-0.4, -0.2) is 70.9 Å². The first-order chi connectivity index (χ1) is 12.7. The van der Waals surface area contributed by atoms with Gasteiger partial charge in [-0.2, -0.15) is 4.31 Å². The van der Waals surface area contributed by atoms with Crippen LogP contribution in [0.4, 0.5) is 11.1 Å². The van der Waals surface area contributed by atoms with E-state index in [1.54, 1.807) is 4.90 Å². The van der Waals surface area contributed by atoms with E-state index in [9.17, 15) is 13.2 Å². The maximum atomic E-state index is 12.5. The van der Waals surface area contributed by atoms with Crippen LogP contribution < -0.4 is 5.32 Å². The molecule has 11 heteroatoms. The van der Waals surface area contributed by atoms with Gasteiger partial charge in [-0.05, 0) is 19.9 Å². The van der Waals surface area contributed by atoms with Crippen LogP contribution in [0.3, 0.4) is 0 Å². The summed E-state index contributed by atoms with van der Waals surface area (Å²) >= 11 is 1.39. The van der Waals surface area contributed by atoms with Crippen molar-refractivity contribution in [3.05, 3.63) is 28.5 Å². The molecule has 1 amide bonds. The number of sulfonamides is 1. The van der Waals surface area contributed by atoms with Crippen molar-refractivity contribution in [2.75, 3.05) is 37.8 Å². The highest BCUT2D eigenvalue weighted by Gasteiger charge is 2.26. The maximum absolute atomic E-state index is 12.5. The number of carbonyl (C=O) groups is 1. The summed E-state index contributed by atoms with van der Waals surface area (Å²) in [7, 11) is -3.20. The topological polar surface area (TPSA) is 108 Å². The highest BCUT2D eigenvalue weighted by atomic mass is 32.2. The van der Waals surface area contributed by atoms with Crippen LogP contribution in [0.25, 0.3) is 0 Å². The van der Waals surface area contributed by atoms with Crippen molar-refractivity contribution in [1.82, 2.24) is 24.2 Å². The highest BCUT2D eigenvalue weighted by molar-refractivity contribution is 7.88. The van der Waals surface area contributed by atoms with E-state index in [0.29, 0.717) is 43.0 Å². The molecule has 0 aromatic carbocycles. The number of anilines is 2. The van der Waals surface area contributed by atoms with Gasteiger partial charge in [0, 0.05) is 42.9 Å². The summed E-state index contributed by atoms with van der Waals surface area (Å²) in [5, 5.41) is 5.53. The Hall–Kier alpha value is -2.11. The fourth-order valence-electron chi connectivity index (χ4n) is 2.86. The Balaban J connectivity index is 1.57. The number of carbonyl (C=O) groups excluding carboxylic acids is 1. The van der Waals surface area contributed by atoms with Crippen LogP contribution >= 0.6 is 11.3 Å². The van der Waals surface area contributed by atoms with Crippen LogP contribution in [0.15, 0.2) is 11.4 Å². The molecule has 0 radical (unpaired) electrons. The average Bonchev–Trinajstić information content (AvgIpc) is 3.00. The Labute approximate surface area is 162 Å². The molecule has 9 nitrogen and oxygen atoms in total. The summed E-state index contributed by atoms with van der Waals surface area (Å²) in [6.45, 7) is 5.26. The van der Waals surface area contributed by atoms with Gasteiger partial charge in [0.05, 0.1) is 18.4 Å². The van der Waals surface area contributed by atoms with Crippen molar-refractivity contribution in [3.63, 3.8) is 0 Å². The van der Waals surface area contributed by atoms with E-state index in [-0.39, 0.29) is 12.3 Å². The Morgan fingerprint density at radius 2 is 1.78 bits per heavy atom. The van der Waals surface area contributed by atoms with Gasteiger partial charge < -0.3 is 10.2 Å². The van der Waals surface area contributed by atoms with E-state index in [1.807, 2.05) is 25.3 Å². The van der Waals surface area contributed by atoms with E-state index < -0.39 is 10.0 Å². The van der Waals surface area contributed by atoms with Crippen LogP contribution in [-0.2, 0) is 21.2 Å². The zero-order valence-corrected chi connectivity index (χ0v) is 17.1. The molecule has 0 saturated carbocycles. The van der Waals surface area contributed by atoms with Gasteiger partial charge >= 0.3 is 0 Å². The van der Waals surface area contributed by atoms with Crippen molar-refractivity contribution in [2.24, 2.45) is 0 Å². The predicted octanol–water partition coefficient (Wildman–Crippen LogP) is 0.940. The third-order valence-electron chi connectivity index (χ3n) is 4.15. The third-order valence-corrected chi connectivity index (χ3v) is 6.26. The maximum Gasteiger partial charge on any atom is 0.229 e. The Morgan fingerprint density at radius 1 is 1.15 bits per heavy atom. The first-order valence-corrected chi connectivity index (χ1v) is 11.2. The van der Waals surface area contributed by atoms with Crippen LogP contribution in [0, 0.1) is 13.8 Å². The van der Waals surface area contributed by atoms with Gasteiger partial charge in [-0.25, -0.2) is 23.4 Å². The molecule has 0 unspecified atom stereocenters. The molecular formula is C16H22N6O3S2. The molecular weight excluding hydrogens is 388 g/mol. The molecule has 0 spiro atoms. The smallest absolute Gasteiger partial charge is 0.229 e. The predicted molar refractivity (Wildman–Crippen MR) is 104 cm³/mol. The number of nitrogens with one attached hydrogen (secondary N) is 1. The largest absolute Gasteiger partial charge is 0.340 e. The second kappa shape index (κ2) is 7.87. The molecule has 146 valence electrons. The second-order valence-corrected chi connectivity index (χ2v) is 9.30. The van der Waals surface area contributed by atoms with Crippen molar-refractivity contribution in [3.8, 4) is 0 Å². The molecule has 2 aromatic heterocycles. The molecule has 1 fully saturated rings. The minimum absolute atomic E-state index is 0.0531. The average molecular weight is 411 g/mol. The fraction of sp³-hybridized carbons (Fsp3) is 0.500. The van der Waals surface area contributed by atoms with E-state index in [2.05, 4.69) is 20.3 Å². The lowest BCUT2D eigenvalue weighted by atomic mass is 10.2. The number of hydrogen-bond acceptors (Lipinski definition) is 8. The molecule has 0 aliphatic carbocycles. The summed E-state index contributed by atoms with van der Waals surface area (Å²) in [5.74, 6) is 0.430. The normalized spacial score (nSPS) is 15.7. The number of aromatic nitrogens is 3. The van der Waals surface area contributed by atoms with Crippen LogP contribution in [0.1, 0.15) is 17.1 Å². The molecule has 2 aromatic rings. The lowest BCUT2D eigenvalue weighted by Crippen LogP contribution is -2.50. The van der Waals surface area contributed by atoms with Gasteiger partial charge in [-0.1, -0.05) is 0 Å². The lowest BCUT2D eigenvalue weighted by molar-refractivity contribution is -0.131. The summed E-state index contributed by atoms with van der Waals surface area (Å²) < 4.78 is 24.5. The van der Waals surface area contributed by atoms with Gasteiger partial charge in [-0.15, -0.1) is 11.3 Å². The van der Waals surface area contributed by atoms with Crippen molar-refractivity contribution in [1.29, 1.82) is 0 Å². The monoisotopic (exact) mass is 410 g/mol. The quantitative estimate of drug-likeness (QED) is 0.781. The van der Waals surface area contributed by atoms with Crippen molar-refractivity contribution in [2.45, 2.75) is 20.3 Å². The van der Waals surface area contributed by atoms with E-state index in [0.717, 1.165) is 11.4 Å². The minimum Gasteiger partial charge on any atom is -0.340 e. The number of piperazine rings is 1. The zero-order valence-electron chi connectivity index (χ0n) is 15.5. The molecule has 1 N–H and O–H groups in total. The highest BCUT2D eigenvalue weighted by Crippen LogP contribution is 2.20. The van der Waals surface area contributed by atoms with E-state index in [4.69, 9.17) is 0 Å². The van der Waals surface area contributed by atoms with Gasteiger partial charge in [0.25, 0.3) is 0 Å². The van der Waals surface area contributed by atoms with Gasteiger partial charge in [0.15, 0.2) is 5.13 Å². The summed E-state index contributed by atoms with van der Waals surface area (Å²) in [5.41, 5.74) is 2.40. The first-order valence-electron chi connectivity index (χ1n) is 8.47. The standard InChI is InChI=1S/C16H22N6O3S2/c1-11-8-12(2)18-15(17-11)20-16-19-13(10-26-16)9-14(23)21-4-6-22(7-5-21)27(3,24)25/h8,10H,4-7,9H2,1-3H3,(H,17,18,19,20). The van der Waals surface area contributed by atoms with Gasteiger partial charge in [-0.3, -0.25) is 4.79 Å². The number of hydrogen-bond donors (Lipinski definition) is 1. The molecule has 0 atom stereocenters. The lowest BCUT2D eigenvalue weighted by Gasteiger charge is -2.33. The van der Waals surface area contributed by atoms with Crippen LogP contribution in [0.5, 0.6) is 0 Å². The SMILES string of the molecule is Cc1cc(C)nc(Nc2nc(CC(=O)N3CCN(S(C)(=O)=O)CC3)cs2)n1. The Morgan fingerprint density at radius 3 is 2.37 bits per heavy atom. The van der Waals surface area contributed by atoms with Crippen molar-refractivity contribution >= 4 is 38.3 Å².